The maximum atomic E-state index is 12.6. The first-order valence-electron chi connectivity index (χ1n) is 12.9. The van der Waals surface area contributed by atoms with Crippen LogP contribution in [-0.4, -0.2) is 17.5 Å². The number of hydrogen-bond donors (Lipinski definition) is 1. The predicted octanol–water partition coefficient (Wildman–Crippen LogP) is 7.89. The van der Waals surface area contributed by atoms with Gasteiger partial charge in [-0.2, -0.15) is 0 Å². The minimum atomic E-state index is -0.422. The first-order chi connectivity index (χ1) is 16.1. The molecule has 1 aliphatic carbocycles. The Morgan fingerprint density at radius 1 is 0.697 bits per heavy atom. The third-order valence-corrected chi connectivity index (χ3v) is 6.69. The molecule has 33 heavy (non-hydrogen) atoms. The van der Waals surface area contributed by atoms with Crippen LogP contribution in [-0.2, 0) is 4.79 Å². The number of benzene rings is 1. The van der Waals surface area contributed by atoms with Crippen LogP contribution in [0.1, 0.15) is 130 Å². The molecule has 0 spiro atoms. The number of unbranched alkanes of at least 4 members (excludes halogenated alkanes) is 14. The van der Waals surface area contributed by atoms with Gasteiger partial charge in [0.2, 0.25) is 17.5 Å². The van der Waals surface area contributed by atoms with Crippen LogP contribution >= 0.6 is 11.6 Å². The fourth-order valence-electron chi connectivity index (χ4n) is 4.32. The second-order valence-electron chi connectivity index (χ2n) is 9.14. The highest BCUT2D eigenvalue weighted by Crippen LogP contribution is 2.27. The lowest BCUT2D eigenvalue weighted by atomic mass is 9.92. The van der Waals surface area contributed by atoms with Crippen molar-refractivity contribution in [1.29, 1.82) is 0 Å². The highest BCUT2D eigenvalue weighted by molar-refractivity contribution is 6.50. The molecule has 182 valence electrons. The van der Waals surface area contributed by atoms with Crippen molar-refractivity contribution in [3.8, 4) is 0 Å². The summed E-state index contributed by atoms with van der Waals surface area (Å²) in [5, 5.41) is 2.37. The molecule has 0 fully saturated rings. The van der Waals surface area contributed by atoms with E-state index in [2.05, 4.69) is 12.2 Å². The molecule has 1 aromatic rings. The quantitative estimate of drug-likeness (QED) is 0.234. The van der Waals surface area contributed by atoms with E-state index in [0.717, 1.165) is 19.3 Å². The summed E-state index contributed by atoms with van der Waals surface area (Å²) in [6.45, 7) is 2.26. The second-order valence-corrected chi connectivity index (χ2v) is 9.52. The molecule has 1 N–H and O–H groups in total. The number of carbonyl (C=O) groups is 3. The van der Waals surface area contributed by atoms with E-state index >= 15 is 0 Å². The van der Waals surface area contributed by atoms with Gasteiger partial charge in [0.05, 0.1) is 0 Å². The number of allylic oxidation sites excluding steroid dienone is 2. The number of rotatable bonds is 17. The van der Waals surface area contributed by atoms with Crippen LogP contribution in [0.4, 0.5) is 0 Å². The maximum absolute atomic E-state index is 12.6. The second kappa shape index (κ2) is 15.8. The van der Waals surface area contributed by atoms with E-state index in [4.69, 9.17) is 11.6 Å². The minimum absolute atomic E-state index is 0.0914. The summed E-state index contributed by atoms with van der Waals surface area (Å²) in [6.07, 6.45) is 19.4. The molecule has 0 bridgehead atoms. The average molecular weight is 474 g/mol. The molecule has 0 saturated carbocycles. The average Bonchev–Trinajstić information content (AvgIpc) is 2.83. The lowest BCUT2D eigenvalue weighted by molar-refractivity contribution is -0.120. The SMILES string of the molecule is CCCCCCCCCCCCCCCCCC(=O)NC1=C(Cl)C(=O)c2ccccc2C1=O. The van der Waals surface area contributed by atoms with E-state index < -0.39 is 11.6 Å². The van der Waals surface area contributed by atoms with Gasteiger partial charge in [0.15, 0.2) is 0 Å². The summed E-state index contributed by atoms with van der Waals surface area (Å²) in [5.41, 5.74) is 0.480. The van der Waals surface area contributed by atoms with Crippen LogP contribution in [0.3, 0.4) is 0 Å². The molecule has 1 aliphatic rings. The van der Waals surface area contributed by atoms with Crippen LogP contribution in [0.25, 0.3) is 0 Å². The molecule has 0 radical (unpaired) electrons. The summed E-state index contributed by atoms with van der Waals surface area (Å²) in [6, 6.07) is 6.54. The number of carbonyl (C=O) groups excluding carboxylic acids is 3. The van der Waals surface area contributed by atoms with Crippen molar-refractivity contribution in [2.45, 2.75) is 110 Å². The number of nitrogens with one attached hydrogen (secondary N) is 1. The van der Waals surface area contributed by atoms with Gasteiger partial charge in [0.25, 0.3) is 0 Å². The van der Waals surface area contributed by atoms with Gasteiger partial charge in [-0.3, -0.25) is 14.4 Å². The zero-order chi connectivity index (χ0) is 23.9. The summed E-state index contributed by atoms with van der Waals surface area (Å²) < 4.78 is 0. The fourth-order valence-corrected chi connectivity index (χ4v) is 4.55. The lowest BCUT2D eigenvalue weighted by Crippen LogP contribution is -2.32. The minimum Gasteiger partial charge on any atom is -0.321 e. The maximum Gasteiger partial charge on any atom is 0.224 e. The summed E-state index contributed by atoms with van der Waals surface area (Å²) >= 11 is 6.09. The molecular weight excluding hydrogens is 434 g/mol. The van der Waals surface area contributed by atoms with Crippen LogP contribution in [0, 0.1) is 0 Å². The molecule has 5 heteroatoms. The van der Waals surface area contributed by atoms with Crippen molar-refractivity contribution < 1.29 is 14.4 Å². The summed E-state index contributed by atoms with van der Waals surface area (Å²) in [7, 11) is 0. The Balaban J connectivity index is 1.51. The van der Waals surface area contributed by atoms with E-state index in [-0.39, 0.29) is 27.8 Å². The molecule has 1 amide bonds. The molecule has 4 nitrogen and oxygen atoms in total. The fraction of sp³-hybridized carbons (Fsp3) is 0.607. The molecule has 1 aromatic carbocycles. The van der Waals surface area contributed by atoms with Crippen molar-refractivity contribution in [2.24, 2.45) is 0 Å². The normalized spacial score (nSPS) is 13.4. The predicted molar refractivity (Wildman–Crippen MR) is 136 cm³/mol. The van der Waals surface area contributed by atoms with Gasteiger partial charge >= 0.3 is 0 Å². The molecule has 0 aliphatic heterocycles. The van der Waals surface area contributed by atoms with E-state index in [1.807, 2.05) is 0 Å². The van der Waals surface area contributed by atoms with Gasteiger partial charge in [-0.15, -0.1) is 0 Å². The summed E-state index contributed by atoms with van der Waals surface area (Å²) in [4.78, 5) is 37.3. The van der Waals surface area contributed by atoms with Crippen LogP contribution < -0.4 is 5.32 Å². The van der Waals surface area contributed by atoms with Gasteiger partial charge in [-0.25, -0.2) is 0 Å². The zero-order valence-electron chi connectivity index (χ0n) is 20.2. The van der Waals surface area contributed by atoms with Gasteiger partial charge < -0.3 is 5.32 Å². The number of amides is 1. The lowest BCUT2D eigenvalue weighted by Gasteiger charge is -2.18. The largest absolute Gasteiger partial charge is 0.321 e. The Bertz CT molecular complexity index is 815. The number of Topliss-reactive ketones (excluding diaryl/α,β-unsaturated/α-hetero) is 2. The van der Waals surface area contributed by atoms with E-state index in [9.17, 15) is 14.4 Å². The van der Waals surface area contributed by atoms with Crippen molar-refractivity contribution in [2.75, 3.05) is 0 Å². The molecule has 0 saturated heterocycles. The smallest absolute Gasteiger partial charge is 0.224 e. The topological polar surface area (TPSA) is 63.2 Å². The first kappa shape index (κ1) is 27.3. The van der Waals surface area contributed by atoms with Gasteiger partial charge in [0, 0.05) is 17.5 Å². The van der Waals surface area contributed by atoms with Crippen LogP contribution in [0.2, 0.25) is 0 Å². The number of halogens is 1. The van der Waals surface area contributed by atoms with Gasteiger partial charge in [-0.1, -0.05) is 133 Å². The molecule has 0 heterocycles. The number of hydrogen-bond acceptors (Lipinski definition) is 3. The third-order valence-electron chi connectivity index (χ3n) is 6.33. The van der Waals surface area contributed by atoms with E-state index in [1.54, 1.807) is 24.3 Å². The Morgan fingerprint density at radius 3 is 1.61 bits per heavy atom. The van der Waals surface area contributed by atoms with E-state index in [1.165, 1.54) is 77.0 Å². The number of ketones is 2. The highest BCUT2D eigenvalue weighted by Gasteiger charge is 2.31. The van der Waals surface area contributed by atoms with Crippen molar-refractivity contribution in [3.05, 3.63) is 46.1 Å². The molecule has 0 aromatic heterocycles. The van der Waals surface area contributed by atoms with Gasteiger partial charge in [0.1, 0.15) is 10.7 Å². The van der Waals surface area contributed by atoms with Crippen molar-refractivity contribution >= 4 is 29.1 Å². The third kappa shape index (κ3) is 9.44. The Hall–Kier alpha value is -1.94. The zero-order valence-corrected chi connectivity index (χ0v) is 21.0. The highest BCUT2D eigenvalue weighted by atomic mass is 35.5. The molecule has 2 rings (SSSR count). The summed E-state index contributed by atoms with van der Waals surface area (Å²) in [5.74, 6) is -1.09. The van der Waals surface area contributed by atoms with Crippen LogP contribution in [0.5, 0.6) is 0 Å². The molecular formula is C28H40ClNO3. The first-order valence-corrected chi connectivity index (χ1v) is 13.3. The monoisotopic (exact) mass is 473 g/mol. The van der Waals surface area contributed by atoms with Gasteiger partial charge in [-0.05, 0) is 6.42 Å². The number of fused-ring (bicyclic) bond motifs is 1. The Labute approximate surface area is 204 Å². The Morgan fingerprint density at radius 2 is 1.12 bits per heavy atom. The Kier molecular flexibility index (Phi) is 13.1. The standard InChI is InChI=1S/C28H40ClNO3/c1-2-3-4-5-6-7-8-9-10-11-12-13-14-15-16-21-24(31)30-26-25(29)27(32)22-19-17-18-20-23(22)28(26)33/h17-20H,2-16,21H2,1H3,(H,30,31). The van der Waals surface area contributed by atoms with Crippen LogP contribution in [0.15, 0.2) is 35.0 Å². The van der Waals surface area contributed by atoms with E-state index in [0.29, 0.717) is 6.42 Å². The van der Waals surface area contributed by atoms with Crippen molar-refractivity contribution in [1.82, 2.24) is 5.32 Å². The van der Waals surface area contributed by atoms with Crippen molar-refractivity contribution in [3.63, 3.8) is 0 Å². The molecule has 0 unspecified atom stereocenters. The molecule has 0 atom stereocenters.